The van der Waals surface area contributed by atoms with E-state index < -0.39 is 10.0 Å². The number of nitrogens with one attached hydrogen (secondary N) is 2. The van der Waals surface area contributed by atoms with Crippen molar-refractivity contribution in [1.29, 1.82) is 0 Å². The van der Waals surface area contributed by atoms with Gasteiger partial charge in [0.2, 0.25) is 16.0 Å². The summed E-state index contributed by atoms with van der Waals surface area (Å²) in [6.07, 6.45) is 4.21. The molecule has 4 rings (SSSR count). The monoisotopic (exact) mass is 568 g/mol. The second-order valence-electron chi connectivity index (χ2n) is 10.1. The fourth-order valence-electron chi connectivity index (χ4n) is 3.82. The Morgan fingerprint density at radius 2 is 1.79 bits per heavy atom. The molecule has 0 fully saturated rings. The maximum atomic E-state index is 12.5. The molecule has 0 unspecified atom stereocenters. The first-order valence-corrected chi connectivity index (χ1v) is 14.4. The quantitative estimate of drug-likeness (QED) is 0.242. The number of hydrogen-bond acceptors (Lipinski definition) is 7. The van der Waals surface area contributed by atoms with Crippen LogP contribution in [0.4, 0.5) is 5.95 Å². The SMILES string of the molecule is COc1cc(-c2nn(C(C)(C)C)cc2-c2ccnc(NCCCNS(=O)(=O)c3ccc(C)cc3)n2)ccc1Cl. The highest BCUT2D eigenvalue weighted by atomic mass is 35.5. The van der Waals surface area contributed by atoms with E-state index >= 15 is 0 Å². The zero-order valence-electron chi connectivity index (χ0n) is 22.7. The van der Waals surface area contributed by atoms with Gasteiger partial charge in [-0.25, -0.2) is 23.1 Å². The summed E-state index contributed by atoms with van der Waals surface area (Å²) in [6, 6.07) is 14.1. The third-order valence-electron chi connectivity index (χ3n) is 6.02. The third-order valence-corrected chi connectivity index (χ3v) is 7.81. The predicted octanol–water partition coefficient (Wildman–Crippen LogP) is 5.51. The topological polar surface area (TPSA) is 111 Å². The van der Waals surface area contributed by atoms with Crippen LogP contribution in [0, 0.1) is 6.92 Å². The van der Waals surface area contributed by atoms with E-state index in [1.165, 1.54) is 0 Å². The highest BCUT2D eigenvalue weighted by Gasteiger charge is 2.22. The van der Waals surface area contributed by atoms with E-state index in [9.17, 15) is 8.42 Å². The lowest BCUT2D eigenvalue weighted by molar-refractivity contribution is 0.356. The molecule has 0 atom stereocenters. The minimum atomic E-state index is -3.55. The number of ether oxygens (including phenoxy) is 1. The van der Waals surface area contributed by atoms with Crippen molar-refractivity contribution in [3.8, 4) is 28.3 Å². The molecule has 0 amide bonds. The molecule has 2 N–H and O–H groups in total. The van der Waals surface area contributed by atoms with Crippen LogP contribution in [0.2, 0.25) is 5.02 Å². The zero-order valence-corrected chi connectivity index (χ0v) is 24.3. The maximum Gasteiger partial charge on any atom is 0.240 e. The van der Waals surface area contributed by atoms with E-state index in [0.29, 0.717) is 35.4 Å². The summed E-state index contributed by atoms with van der Waals surface area (Å²) in [4.78, 5) is 9.31. The molecule has 2 heterocycles. The summed E-state index contributed by atoms with van der Waals surface area (Å²) in [6.45, 7) is 8.92. The van der Waals surface area contributed by atoms with E-state index in [4.69, 9.17) is 26.4 Å². The number of methoxy groups -OCH3 is 1. The second-order valence-corrected chi connectivity index (χ2v) is 12.3. The number of aromatic nitrogens is 4. The number of rotatable bonds is 10. The van der Waals surface area contributed by atoms with Crippen LogP contribution in [0.25, 0.3) is 22.5 Å². The number of halogens is 1. The van der Waals surface area contributed by atoms with Crippen LogP contribution in [0.3, 0.4) is 0 Å². The molecule has 0 bridgehead atoms. The number of hydrogen-bond donors (Lipinski definition) is 2. The number of nitrogens with zero attached hydrogens (tertiary/aromatic N) is 4. The van der Waals surface area contributed by atoms with Crippen LogP contribution >= 0.6 is 11.6 Å². The average molecular weight is 569 g/mol. The van der Waals surface area contributed by atoms with E-state index in [2.05, 4.69) is 35.8 Å². The Morgan fingerprint density at radius 1 is 1.05 bits per heavy atom. The third kappa shape index (κ3) is 6.95. The van der Waals surface area contributed by atoms with Crippen LogP contribution in [0.5, 0.6) is 5.75 Å². The number of aryl methyl sites for hydroxylation is 1. The van der Waals surface area contributed by atoms with Crippen molar-refractivity contribution >= 4 is 27.6 Å². The Morgan fingerprint density at radius 3 is 2.49 bits per heavy atom. The van der Waals surface area contributed by atoms with Gasteiger partial charge in [0.25, 0.3) is 0 Å². The molecule has 206 valence electrons. The van der Waals surface area contributed by atoms with Crippen LogP contribution in [-0.4, -0.2) is 48.4 Å². The molecule has 4 aromatic rings. The molecule has 0 spiro atoms. The van der Waals surface area contributed by atoms with E-state index in [1.54, 1.807) is 43.6 Å². The van der Waals surface area contributed by atoms with Crippen LogP contribution < -0.4 is 14.8 Å². The number of benzene rings is 2. The summed E-state index contributed by atoms with van der Waals surface area (Å²) in [5.74, 6) is 1.01. The normalized spacial score (nSPS) is 11.9. The molecule has 0 aliphatic carbocycles. The largest absolute Gasteiger partial charge is 0.495 e. The fraction of sp³-hybridized carbons (Fsp3) is 0.321. The lowest BCUT2D eigenvalue weighted by Crippen LogP contribution is -2.26. The van der Waals surface area contributed by atoms with Gasteiger partial charge in [0.1, 0.15) is 11.4 Å². The van der Waals surface area contributed by atoms with Crippen molar-refractivity contribution in [3.63, 3.8) is 0 Å². The number of sulfonamides is 1. The Kier molecular flexibility index (Phi) is 8.58. The van der Waals surface area contributed by atoms with Crippen molar-refractivity contribution in [3.05, 3.63) is 71.5 Å². The molecular weight excluding hydrogens is 536 g/mol. The fourth-order valence-corrected chi connectivity index (χ4v) is 5.08. The highest BCUT2D eigenvalue weighted by Crippen LogP contribution is 2.36. The Balaban J connectivity index is 1.48. The Hall–Kier alpha value is -3.47. The summed E-state index contributed by atoms with van der Waals surface area (Å²) in [5, 5.41) is 8.58. The highest BCUT2D eigenvalue weighted by molar-refractivity contribution is 7.89. The first-order chi connectivity index (χ1) is 18.5. The molecule has 0 saturated carbocycles. The first-order valence-electron chi connectivity index (χ1n) is 12.6. The summed E-state index contributed by atoms with van der Waals surface area (Å²) in [7, 11) is -1.97. The lowest BCUT2D eigenvalue weighted by atomic mass is 10.1. The first kappa shape index (κ1) is 28.5. The summed E-state index contributed by atoms with van der Waals surface area (Å²) in [5.41, 5.74) is 3.89. The van der Waals surface area contributed by atoms with Gasteiger partial charge in [-0.3, -0.25) is 4.68 Å². The van der Waals surface area contributed by atoms with Gasteiger partial charge in [0.05, 0.1) is 28.3 Å². The van der Waals surface area contributed by atoms with Crippen molar-refractivity contribution in [2.45, 2.75) is 44.6 Å². The molecule has 2 aromatic heterocycles. The smallest absolute Gasteiger partial charge is 0.240 e. The van der Waals surface area contributed by atoms with Crippen molar-refractivity contribution < 1.29 is 13.2 Å². The lowest BCUT2D eigenvalue weighted by Gasteiger charge is -2.18. The molecule has 0 aliphatic rings. The van der Waals surface area contributed by atoms with Crippen molar-refractivity contribution in [2.24, 2.45) is 0 Å². The maximum absolute atomic E-state index is 12.5. The van der Waals surface area contributed by atoms with Gasteiger partial charge in [-0.2, -0.15) is 5.10 Å². The van der Waals surface area contributed by atoms with Gasteiger partial charge in [-0.1, -0.05) is 35.4 Å². The summed E-state index contributed by atoms with van der Waals surface area (Å²) < 4.78 is 34.9. The minimum absolute atomic E-state index is 0.246. The molecule has 9 nitrogen and oxygen atoms in total. The standard InChI is InChI=1S/C28H33ClN6O3S/c1-19-7-10-21(11-8-19)39(36,37)32-15-6-14-30-27-31-16-13-24(33-27)22-18-35(28(2,3)4)34-26(22)20-9-12-23(29)25(17-20)38-5/h7-13,16-18,32H,6,14-15H2,1-5H3,(H,30,31,33). The van der Waals surface area contributed by atoms with Gasteiger partial charge in [0, 0.05) is 36.6 Å². The van der Waals surface area contributed by atoms with Gasteiger partial charge in [-0.15, -0.1) is 0 Å². The molecule has 0 saturated heterocycles. The molecule has 11 heteroatoms. The molecule has 0 radical (unpaired) electrons. The van der Waals surface area contributed by atoms with Gasteiger partial charge >= 0.3 is 0 Å². The van der Waals surface area contributed by atoms with Crippen LogP contribution in [-0.2, 0) is 15.6 Å². The Bertz CT molecular complexity index is 1550. The van der Waals surface area contributed by atoms with Gasteiger partial charge in [-0.05, 0) is 64.4 Å². The molecule has 0 aliphatic heterocycles. The van der Waals surface area contributed by atoms with E-state index in [-0.39, 0.29) is 17.0 Å². The molecule has 39 heavy (non-hydrogen) atoms. The minimum Gasteiger partial charge on any atom is -0.495 e. The van der Waals surface area contributed by atoms with Gasteiger partial charge < -0.3 is 10.1 Å². The second kappa shape index (κ2) is 11.7. The van der Waals surface area contributed by atoms with Crippen LogP contribution in [0.15, 0.2) is 65.8 Å². The van der Waals surface area contributed by atoms with E-state index in [1.807, 2.05) is 36.0 Å². The molecule has 2 aromatic carbocycles. The molecular formula is C28H33ClN6O3S. The predicted molar refractivity (Wildman–Crippen MR) is 155 cm³/mol. The zero-order chi connectivity index (χ0) is 28.2. The van der Waals surface area contributed by atoms with Crippen molar-refractivity contribution in [1.82, 2.24) is 24.5 Å². The van der Waals surface area contributed by atoms with Crippen LogP contribution in [0.1, 0.15) is 32.8 Å². The van der Waals surface area contributed by atoms with E-state index in [0.717, 1.165) is 22.4 Å². The van der Waals surface area contributed by atoms with Crippen molar-refractivity contribution in [2.75, 3.05) is 25.5 Å². The van der Waals surface area contributed by atoms with Gasteiger partial charge in [0.15, 0.2) is 0 Å². The summed E-state index contributed by atoms with van der Waals surface area (Å²) >= 11 is 6.25. The Labute approximate surface area is 234 Å². The average Bonchev–Trinajstić information content (AvgIpc) is 3.36. The number of anilines is 1.